The Morgan fingerprint density at radius 2 is 1.87 bits per heavy atom. The normalized spacial score (nSPS) is 17.5. The molecule has 1 amide bonds. The molecule has 0 unspecified atom stereocenters. The van der Waals surface area contributed by atoms with Gasteiger partial charge in [-0.25, -0.2) is 4.99 Å². The Hall–Kier alpha value is -2.53. The third kappa shape index (κ3) is 3.81. The summed E-state index contributed by atoms with van der Waals surface area (Å²) in [4.78, 5) is 17.2. The Bertz CT molecular complexity index is 770. The summed E-state index contributed by atoms with van der Waals surface area (Å²) in [6.45, 7) is 2.50. The van der Waals surface area contributed by atoms with Gasteiger partial charge in [-0.1, -0.05) is 42.5 Å². The topological polar surface area (TPSA) is 50.7 Å². The Morgan fingerprint density at radius 1 is 1.13 bits per heavy atom. The number of amides is 1. The van der Waals surface area contributed by atoms with E-state index in [1.165, 1.54) is 11.8 Å². The summed E-state index contributed by atoms with van der Waals surface area (Å²) >= 11 is 1.33. The third-order valence-corrected chi connectivity index (χ3v) is 4.05. The summed E-state index contributed by atoms with van der Waals surface area (Å²) in [5, 5.41) is 3.35. The summed E-state index contributed by atoms with van der Waals surface area (Å²) in [6.07, 6.45) is 1.86. The fourth-order valence-corrected chi connectivity index (χ4v) is 2.95. The lowest BCUT2D eigenvalue weighted by Crippen LogP contribution is -2.19. The molecule has 4 nitrogen and oxygen atoms in total. The van der Waals surface area contributed by atoms with Gasteiger partial charge in [0.25, 0.3) is 5.91 Å². The van der Waals surface area contributed by atoms with E-state index in [2.05, 4.69) is 10.3 Å². The highest BCUT2D eigenvalue weighted by Gasteiger charge is 2.24. The first-order chi connectivity index (χ1) is 11.3. The van der Waals surface area contributed by atoms with E-state index in [0.717, 1.165) is 5.56 Å². The molecule has 0 spiro atoms. The van der Waals surface area contributed by atoms with Gasteiger partial charge in [-0.05, 0) is 42.5 Å². The van der Waals surface area contributed by atoms with E-state index < -0.39 is 0 Å². The van der Waals surface area contributed by atoms with E-state index in [1.807, 2.05) is 67.6 Å². The van der Waals surface area contributed by atoms with Crippen LogP contribution >= 0.6 is 11.8 Å². The zero-order valence-corrected chi connectivity index (χ0v) is 13.5. The number of aliphatic imine (C=N–C) groups is 1. The van der Waals surface area contributed by atoms with Crippen LogP contribution < -0.4 is 10.1 Å². The number of ether oxygens (including phenoxy) is 1. The molecule has 0 radical (unpaired) electrons. The SMILES string of the molecule is CCOc1ccccc1N=C1NC(=O)/C(=C/c2ccccc2)S1. The van der Waals surface area contributed by atoms with Crippen LogP contribution in [0.2, 0.25) is 0 Å². The van der Waals surface area contributed by atoms with Gasteiger partial charge in [-0.3, -0.25) is 4.79 Å². The van der Waals surface area contributed by atoms with Gasteiger partial charge in [-0.2, -0.15) is 0 Å². The molecule has 0 atom stereocenters. The quantitative estimate of drug-likeness (QED) is 0.866. The molecule has 1 aliphatic heterocycles. The van der Waals surface area contributed by atoms with Crippen molar-refractivity contribution in [3.63, 3.8) is 0 Å². The molecule has 0 bridgehead atoms. The lowest BCUT2D eigenvalue weighted by atomic mass is 10.2. The van der Waals surface area contributed by atoms with Crippen molar-refractivity contribution >= 4 is 34.6 Å². The molecule has 0 saturated carbocycles. The molecule has 5 heteroatoms. The molecule has 1 saturated heterocycles. The minimum absolute atomic E-state index is 0.133. The number of carbonyl (C=O) groups is 1. The average molecular weight is 324 g/mol. The molecule has 1 aliphatic rings. The maximum Gasteiger partial charge on any atom is 0.264 e. The van der Waals surface area contributed by atoms with Gasteiger partial charge >= 0.3 is 0 Å². The van der Waals surface area contributed by atoms with Crippen molar-refractivity contribution in [3.05, 3.63) is 65.1 Å². The molecule has 116 valence electrons. The first kappa shape index (κ1) is 15.4. The summed E-state index contributed by atoms with van der Waals surface area (Å²) in [5.74, 6) is 0.573. The minimum Gasteiger partial charge on any atom is -0.492 e. The fourth-order valence-electron chi connectivity index (χ4n) is 2.12. The number of hydrogen-bond acceptors (Lipinski definition) is 4. The second kappa shape index (κ2) is 7.15. The predicted molar refractivity (Wildman–Crippen MR) is 94.9 cm³/mol. The van der Waals surface area contributed by atoms with Crippen molar-refractivity contribution in [3.8, 4) is 5.75 Å². The van der Waals surface area contributed by atoms with Gasteiger partial charge in [0.15, 0.2) is 5.17 Å². The van der Waals surface area contributed by atoms with E-state index in [-0.39, 0.29) is 5.91 Å². The first-order valence-electron chi connectivity index (χ1n) is 7.32. The highest BCUT2D eigenvalue weighted by atomic mass is 32.2. The van der Waals surface area contributed by atoms with E-state index in [9.17, 15) is 4.79 Å². The van der Waals surface area contributed by atoms with Gasteiger partial charge in [0.2, 0.25) is 0 Å². The number of nitrogens with one attached hydrogen (secondary N) is 1. The molecule has 0 aromatic heterocycles. The fraction of sp³-hybridized carbons (Fsp3) is 0.111. The second-order valence-electron chi connectivity index (χ2n) is 4.79. The van der Waals surface area contributed by atoms with Crippen molar-refractivity contribution < 1.29 is 9.53 Å². The Labute approximate surface area is 139 Å². The number of para-hydroxylation sites is 2. The Morgan fingerprint density at radius 3 is 2.65 bits per heavy atom. The van der Waals surface area contributed by atoms with E-state index in [4.69, 9.17) is 4.74 Å². The van der Waals surface area contributed by atoms with Crippen LogP contribution in [0.15, 0.2) is 64.5 Å². The van der Waals surface area contributed by atoms with Crippen LogP contribution in [0.1, 0.15) is 12.5 Å². The summed E-state index contributed by atoms with van der Waals surface area (Å²) < 4.78 is 5.55. The first-order valence-corrected chi connectivity index (χ1v) is 8.14. The Balaban J connectivity index is 1.84. The van der Waals surface area contributed by atoms with Crippen LogP contribution in [0, 0.1) is 0 Å². The van der Waals surface area contributed by atoms with E-state index >= 15 is 0 Å². The van der Waals surface area contributed by atoms with Crippen LogP contribution in [0.5, 0.6) is 5.75 Å². The van der Waals surface area contributed by atoms with Crippen LogP contribution in [0.25, 0.3) is 6.08 Å². The largest absolute Gasteiger partial charge is 0.492 e. The van der Waals surface area contributed by atoms with Crippen molar-refractivity contribution in [2.75, 3.05) is 6.61 Å². The highest BCUT2D eigenvalue weighted by Crippen LogP contribution is 2.32. The standard InChI is InChI=1S/C18H16N2O2S/c1-2-22-15-11-7-6-10-14(15)19-18-20-17(21)16(23-18)12-13-8-4-3-5-9-13/h3-12H,2H2,1H3,(H,19,20,21)/b16-12-. The number of hydrogen-bond donors (Lipinski definition) is 1. The molecule has 1 heterocycles. The number of rotatable bonds is 4. The summed E-state index contributed by atoms with van der Waals surface area (Å²) in [6, 6.07) is 17.3. The zero-order valence-electron chi connectivity index (χ0n) is 12.7. The maximum atomic E-state index is 12.1. The molecule has 3 rings (SSSR count). The molecule has 23 heavy (non-hydrogen) atoms. The Kier molecular flexibility index (Phi) is 4.78. The second-order valence-corrected chi connectivity index (χ2v) is 5.82. The predicted octanol–water partition coefficient (Wildman–Crippen LogP) is 3.98. The molecular weight excluding hydrogens is 308 g/mol. The number of carbonyl (C=O) groups excluding carboxylic acids is 1. The van der Waals surface area contributed by atoms with Crippen molar-refractivity contribution in [2.45, 2.75) is 6.92 Å². The minimum atomic E-state index is -0.133. The van der Waals surface area contributed by atoms with Crippen molar-refractivity contribution in [1.29, 1.82) is 0 Å². The van der Waals surface area contributed by atoms with Gasteiger partial charge in [0, 0.05) is 0 Å². The van der Waals surface area contributed by atoms with Crippen LogP contribution in [0.4, 0.5) is 5.69 Å². The number of nitrogens with zero attached hydrogens (tertiary/aromatic N) is 1. The van der Waals surface area contributed by atoms with E-state index in [1.54, 1.807) is 0 Å². The van der Waals surface area contributed by atoms with E-state index in [0.29, 0.717) is 28.1 Å². The van der Waals surface area contributed by atoms with Crippen LogP contribution in [0.3, 0.4) is 0 Å². The molecule has 0 aliphatic carbocycles. The van der Waals surface area contributed by atoms with Crippen LogP contribution in [-0.4, -0.2) is 17.7 Å². The summed E-state index contributed by atoms with van der Waals surface area (Å²) in [5.41, 5.74) is 1.69. The van der Waals surface area contributed by atoms with Gasteiger partial charge in [-0.15, -0.1) is 0 Å². The zero-order chi connectivity index (χ0) is 16.1. The van der Waals surface area contributed by atoms with Crippen LogP contribution in [-0.2, 0) is 4.79 Å². The molecular formula is C18H16N2O2S. The monoisotopic (exact) mass is 324 g/mol. The van der Waals surface area contributed by atoms with Crippen molar-refractivity contribution in [2.24, 2.45) is 4.99 Å². The number of thioether (sulfide) groups is 1. The summed E-state index contributed by atoms with van der Waals surface area (Å²) in [7, 11) is 0. The van der Waals surface area contributed by atoms with Gasteiger partial charge < -0.3 is 10.1 Å². The highest BCUT2D eigenvalue weighted by molar-refractivity contribution is 8.18. The average Bonchev–Trinajstić information content (AvgIpc) is 2.90. The van der Waals surface area contributed by atoms with Gasteiger partial charge in [0.1, 0.15) is 11.4 Å². The number of benzene rings is 2. The lowest BCUT2D eigenvalue weighted by molar-refractivity contribution is -0.115. The van der Waals surface area contributed by atoms with Crippen molar-refractivity contribution in [1.82, 2.24) is 5.32 Å². The lowest BCUT2D eigenvalue weighted by Gasteiger charge is -2.06. The molecule has 1 fully saturated rings. The molecule has 1 N–H and O–H groups in total. The molecule has 2 aromatic rings. The maximum absolute atomic E-state index is 12.1. The smallest absolute Gasteiger partial charge is 0.264 e. The number of amidine groups is 1. The third-order valence-electron chi connectivity index (χ3n) is 3.14. The van der Waals surface area contributed by atoms with Gasteiger partial charge in [0.05, 0.1) is 11.5 Å². The molecule has 2 aromatic carbocycles.